The van der Waals surface area contributed by atoms with Gasteiger partial charge in [0.2, 0.25) is 0 Å². The van der Waals surface area contributed by atoms with E-state index in [0.29, 0.717) is 0 Å². The van der Waals surface area contributed by atoms with Gasteiger partial charge in [-0.2, -0.15) is 0 Å². The van der Waals surface area contributed by atoms with Crippen molar-refractivity contribution in [3.8, 4) is 11.5 Å². The predicted octanol–water partition coefficient (Wildman–Crippen LogP) is 3.78. The summed E-state index contributed by atoms with van der Waals surface area (Å²) in [5, 5.41) is 0. The molecule has 0 bridgehead atoms. The largest absolute Gasteiger partial charge is 0.496 e. The van der Waals surface area contributed by atoms with Gasteiger partial charge in [-0.25, -0.2) is 0 Å². The van der Waals surface area contributed by atoms with Crippen LogP contribution < -0.4 is 9.47 Å². The summed E-state index contributed by atoms with van der Waals surface area (Å²) in [6.45, 7) is 0. The lowest BCUT2D eigenvalue weighted by Crippen LogP contribution is -2.12. The Hall–Kier alpha value is -1.96. The second kappa shape index (κ2) is 4.61. The third kappa shape index (κ3) is 1.88. The first-order valence-corrected chi connectivity index (χ1v) is 6.59. The van der Waals surface area contributed by atoms with Gasteiger partial charge < -0.3 is 9.47 Å². The van der Waals surface area contributed by atoms with Crippen molar-refractivity contribution >= 4 is 0 Å². The molecule has 0 N–H and O–H groups in total. The summed E-state index contributed by atoms with van der Waals surface area (Å²) in [6, 6.07) is 16.6. The molecule has 2 aromatic carbocycles. The molecule has 0 heterocycles. The summed E-state index contributed by atoms with van der Waals surface area (Å²) in [5.74, 6) is 1.83. The second-order valence-electron chi connectivity index (χ2n) is 4.99. The molecule has 0 radical (unpaired) electrons. The molecule has 0 unspecified atom stereocenters. The Morgan fingerprint density at radius 2 is 1.37 bits per heavy atom. The standard InChI is InChI=1S/C17H18O2/c1-18-14-9-6-10-15(19-2)16(14)17(11-12-17)13-7-4-3-5-8-13/h3-10H,11-12H2,1-2H3. The fraction of sp³-hybridized carbons (Fsp3) is 0.294. The van der Waals surface area contributed by atoms with Gasteiger partial charge in [-0.1, -0.05) is 36.4 Å². The lowest BCUT2D eigenvalue weighted by molar-refractivity contribution is 0.380. The van der Waals surface area contributed by atoms with Crippen LogP contribution in [-0.4, -0.2) is 14.2 Å². The zero-order valence-corrected chi connectivity index (χ0v) is 11.3. The Morgan fingerprint density at radius 3 is 1.84 bits per heavy atom. The first kappa shape index (κ1) is 12.1. The molecular weight excluding hydrogens is 236 g/mol. The van der Waals surface area contributed by atoms with E-state index in [9.17, 15) is 0 Å². The first-order chi connectivity index (χ1) is 9.31. The molecule has 2 aromatic rings. The van der Waals surface area contributed by atoms with E-state index in [-0.39, 0.29) is 5.41 Å². The van der Waals surface area contributed by atoms with Crippen LogP contribution in [0.1, 0.15) is 24.0 Å². The van der Waals surface area contributed by atoms with E-state index in [4.69, 9.17) is 9.47 Å². The topological polar surface area (TPSA) is 18.5 Å². The molecule has 2 nitrogen and oxygen atoms in total. The zero-order valence-electron chi connectivity index (χ0n) is 11.3. The Balaban J connectivity index is 2.17. The van der Waals surface area contributed by atoms with Gasteiger partial charge in [-0.05, 0) is 30.5 Å². The summed E-state index contributed by atoms with van der Waals surface area (Å²) in [6.07, 6.45) is 2.29. The summed E-state index contributed by atoms with van der Waals surface area (Å²) in [4.78, 5) is 0. The van der Waals surface area contributed by atoms with E-state index in [1.54, 1.807) is 14.2 Å². The van der Waals surface area contributed by atoms with Crippen LogP contribution in [0.3, 0.4) is 0 Å². The van der Waals surface area contributed by atoms with Crippen molar-refractivity contribution in [1.82, 2.24) is 0 Å². The summed E-state index contributed by atoms with van der Waals surface area (Å²) >= 11 is 0. The van der Waals surface area contributed by atoms with Crippen molar-refractivity contribution in [2.24, 2.45) is 0 Å². The van der Waals surface area contributed by atoms with Crippen molar-refractivity contribution in [2.45, 2.75) is 18.3 Å². The van der Waals surface area contributed by atoms with Gasteiger partial charge in [0.1, 0.15) is 11.5 Å². The Morgan fingerprint density at radius 1 is 0.789 bits per heavy atom. The lowest BCUT2D eigenvalue weighted by atomic mass is 9.86. The van der Waals surface area contributed by atoms with E-state index in [1.165, 1.54) is 11.1 Å². The van der Waals surface area contributed by atoms with Crippen LogP contribution in [0.4, 0.5) is 0 Å². The molecule has 0 spiro atoms. The first-order valence-electron chi connectivity index (χ1n) is 6.59. The van der Waals surface area contributed by atoms with Gasteiger partial charge in [-0.3, -0.25) is 0 Å². The minimum absolute atomic E-state index is 0.0687. The average molecular weight is 254 g/mol. The molecule has 0 aliphatic heterocycles. The maximum atomic E-state index is 5.56. The molecular formula is C17H18O2. The van der Waals surface area contributed by atoms with Crippen LogP contribution in [0.2, 0.25) is 0 Å². The van der Waals surface area contributed by atoms with Crippen molar-refractivity contribution < 1.29 is 9.47 Å². The van der Waals surface area contributed by atoms with E-state index in [2.05, 4.69) is 30.3 Å². The van der Waals surface area contributed by atoms with Crippen LogP contribution in [0.25, 0.3) is 0 Å². The SMILES string of the molecule is COc1cccc(OC)c1C1(c2ccccc2)CC1. The molecule has 0 amide bonds. The molecule has 2 heteroatoms. The van der Waals surface area contributed by atoms with Gasteiger partial charge in [0, 0.05) is 11.0 Å². The molecule has 1 fully saturated rings. The quantitative estimate of drug-likeness (QED) is 0.826. The number of ether oxygens (including phenoxy) is 2. The van der Waals surface area contributed by atoms with Gasteiger partial charge in [0.15, 0.2) is 0 Å². The molecule has 3 rings (SSSR count). The fourth-order valence-corrected chi connectivity index (χ4v) is 2.89. The Labute approximate surface area is 114 Å². The molecule has 1 aliphatic carbocycles. The normalized spacial score (nSPS) is 15.9. The van der Waals surface area contributed by atoms with Crippen molar-refractivity contribution in [3.05, 3.63) is 59.7 Å². The second-order valence-corrected chi connectivity index (χ2v) is 4.99. The van der Waals surface area contributed by atoms with E-state index in [1.807, 2.05) is 18.2 Å². The number of hydrogen-bond acceptors (Lipinski definition) is 2. The molecule has 0 saturated heterocycles. The van der Waals surface area contributed by atoms with Crippen LogP contribution >= 0.6 is 0 Å². The summed E-state index contributed by atoms with van der Waals surface area (Å²) in [7, 11) is 3.44. The van der Waals surface area contributed by atoms with Crippen LogP contribution in [-0.2, 0) is 5.41 Å². The highest BCUT2D eigenvalue weighted by atomic mass is 16.5. The molecule has 1 saturated carbocycles. The fourth-order valence-electron chi connectivity index (χ4n) is 2.89. The molecule has 0 aromatic heterocycles. The van der Waals surface area contributed by atoms with Gasteiger partial charge in [0.05, 0.1) is 14.2 Å². The third-order valence-electron chi connectivity index (χ3n) is 3.98. The number of benzene rings is 2. The highest BCUT2D eigenvalue weighted by molar-refractivity contribution is 5.58. The minimum Gasteiger partial charge on any atom is -0.496 e. The van der Waals surface area contributed by atoms with E-state index in [0.717, 1.165) is 24.3 Å². The number of rotatable bonds is 4. The summed E-state index contributed by atoms with van der Waals surface area (Å²) < 4.78 is 11.1. The van der Waals surface area contributed by atoms with Crippen LogP contribution in [0.15, 0.2) is 48.5 Å². The monoisotopic (exact) mass is 254 g/mol. The molecule has 0 atom stereocenters. The number of methoxy groups -OCH3 is 2. The van der Waals surface area contributed by atoms with Crippen LogP contribution in [0, 0.1) is 0 Å². The minimum atomic E-state index is 0.0687. The average Bonchev–Trinajstić information content (AvgIpc) is 3.28. The smallest absolute Gasteiger partial charge is 0.126 e. The zero-order chi connectivity index (χ0) is 13.3. The highest BCUT2D eigenvalue weighted by Gasteiger charge is 2.49. The van der Waals surface area contributed by atoms with E-state index >= 15 is 0 Å². The Kier molecular flexibility index (Phi) is 2.94. The molecule has 1 aliphatic rings. The van der Waals surface area contributed by atoms with Crippen molar-refractivity contribution in [1.29, 1.82) is 0 Å². The van der Waals surface area contributed by atoms with Crippen LogP contribution in [0.5, 0.6) is 11.5 Å². The van der Waals surface area contributed by atoms with Crippen molar-refractivity contribution in [2.75, 3.05) is 14.2 Å². The van der Waals surface area contributed by atoms with Gasteiger partial charge in [-0.15, -0.1) is 0 Å². The number of hydrogen-bond donors (Lipinski definition) is 0. The van der Waals surface area contributed by atoms with E-state index < -0.39 is 0 Å². The molecule has 19 heavy (non-hydrogen) atoms. The Bertz CT molecular complexity index is 549. The van der Waals surface area contributed by atoms with Gasteiger partial charge in [0.25, 0.3) is 0 Å². The maximum Gasteiger partial charge on any atom is 0.126 e. The maximum absolute atomic E-state index is 5.56. The summed E-state index contributed by atoms with van der Waals surface area (Å²) in [5.41, 5.74) is 2.60. The molecule has 98 valence electrons. The highest BCUT2D eigenvalue weighted by Crippen LogP contribution is 2.58. The lowest BCUT2D eigenvalue weighted by Gasteiger charge is -2.22. The van der Waals surface area contributed by atoms with Gasteiger partial charge >= 0.3 is 0 Å². The third-order valence-corrected chi connectivity index (χ3v) is 3.98. The predicted molar refractivity (Wildman–Crippen MR) is 76.0 cm³/mol. The van der Waals surface area contributed by atoms with Crippen molar-refractivity contribution in [3.63, 3.8) is 0 Å².